The van der Waals surface area contributed by atoms with E-state index < -0.39 is 6.61 Å². The van der Waals surface area contributed by atoms with Crippen LogP contribution in [0, 0.1) is 0 Å². The van der Waals surface area contributed by atoms with Crippen molar-refractivity contribution in [3.8, 4) is 5.75 Å². The molecule has 1 aliphatic rings. The van der Waals surface area contributed by atoms with Gasteiger partial charge in [0, 0.05) is 12.3 Å². The van der Waals surface area contributed by atoms with Gasteiger partial charge in [0.15, 0.2) is 0 Å². The van der Waals surface area contributed by atoms with Gasteiger partial charge >= 0.3 is 6.61 Å². The van der Waals surface area contributed by atoms with Crippen molar-refractivity contribution in [3.63, 3.8) is 0 Å². The molecule has 0 radical (unpaired) electrons. The third kappa shape index (κ3) is 2.14. The van der Waals surface area contributed by atoms with Gasteiger partial charge in [-0.1, -0.05) is 12.1 Å². The van der Waals surface area contributed by atoms with Gasteiger partial charge in [0.2, 0.25) is 0 Å². The van der Waals surface area contributed by atoms with Gasteiger partial charge < -0.3 is 4.74 Å². The minimum absolute atomic E-state index is 0.0365. The largest absolute Gasteiger partial charge is 0.435 e. The number of carbonyl (C=O) groups is 1. The monoisotopic (exact) mass is 212 g/mol. The lowest BCUT2D eigenvalue weighted by Gasteiger charge is -2.24. The van der Waals surface area contributed by atoms with Crippen molar-refractivity contribution in [1.29, 1.82) is 0 Å². The summed E-state index contributed by atoms with van der Waals surface area (Å²) in [5, 5.41) is 0. The molecule has 1 aromatic rings. The van der Waals surface area contributed by atoms with E-state index in [0.29, 0.717) is 6.42 Å². The van der Waals surface area contributed by atoms with Gasteiger partial charge in [-0.2, -0.15) is 8.78 Å². The van der Waals surface area contributed by atoms with Crippen molar-refractivity contribution in [2.45, 2.75) is 25.4 Å². The molecule has 1 aromatic carbocycles. The molecule has 1 aliphatic carbocycles. The van der Waals surface area contributed by atoms with Crippen molar-refractivity contribution in [1.82, 2.24) is 0 Å². The number of rotatable bonds is 3. The van der Waals surface area contributed by atoms with Crippen molar-refractivity contribution in [3.05, 3.63) is 29.8 Å². The highest BCUT2D eigenvalue weighted by atomic mass is 19.3. The van der Waals surface area contributed by atoms with E-state index in [1.807, 2.05) is 0 Å². The highest BCUT2D eigenvalue weighted by Crippen LogP contribution is 2.33. The fourth-order valence-electron chi connectivity index (χ4n) is 1.64. The molecule has 0 aliphatic heterocycles. The summed E-state index contributed by atoms with van der Waals surface area (Å²) in [5.74, 6) is 0.309. The van der Waals surface area contributed by atoms with Crippen LogP contribution in [-0.2, 0) is 4.79 Å². The van der Waals surface area contributed by atoms with Crippen LogP contribution >= 0.6 is 0 Å². The van der Waals surface area contributed by atoms with Gasteiger partial charge in [0.1, 0.15) is 11.5 Å². The van der Waals surface area contributed by atoms with E-state index in [2.05, 4.69) is 4.74 Å². The van der Waals surface area contributed by atoms with E-state index in [-0.39, 0.29) is 17.5 Å². The van der Waals surface area contributed by atoms with E-state index in [9.17, 15) is 13.6 Å². The minimum Gasteiger partial charge on any atom is -0.435 e. The van der Waals surface area contributed by atoms with Gasteiger partial charge in [-0.05, 0) is 24.1 Å². The quantitative estimate of drug-likeness (QED) is 0.770. The zero-order valence-corrected chi connectivity index (χ0v) is 7.95. The second-order valence-corrected chi connectivity index (χ2v) is 3.51. The third-order valence-corrected chi connectivity index (χ3v) is 2.58. The summed E-state index contributed by atoms with van der Waals surface area (Å²) in [6.07, 6.45) is 1.48. The molecule has 4 heteroatoms. The summed E-state index contributed by atoms with van der Waals surface area (Å²) < 4.78 is 27.9. The van der Waals surface area contributed by atoms with Crippen molar-refractivity contribution < 1.29 is 18.3 Å². The first-order valence-electron chi connectivity index (χ1n) is 4.74. The lowest BCUT2D eigenvalue weighted by atomic mass is 9.79. The van der Waals surface area contributed by atoms with Gasteiger partial charge in [0.25, 0.3) is 0 Å². The Hall–Kier alpha value is -1.45. The molecule has 0 saturated heterocycles. The standard InChI is InChI=1S/C11H10F2O2/c12-11(13)15-8-3-1-7(2-4-8)9-5-6-10(9)14/h1-4,9,11H,5-6H2/t9-/m1/s1. The van der Waals surface area contributed by atoms with E-state index in [1.54, 1.807) is 12.1 Å². The van der Waals surface area contributed by atoms with E-state index in [4.69, 9.17) is 0 Å². The first-order valence-corrected chi connectivity index (χ1v) is 4.74. The van der Waals surface area contributed by atoms with Crippen LogP contribution in [-0.4, -0.2) is 12.4 Å². The highest BCUT2D eigenvalue weighted by molar-refractivity contribution is 5.91. The number of hydrogen-bond donors (Lipinski definition) is 0. The Balaban J connectivity index is 2.07. The van der Waals surface area contributed by atoms with Gasteiger partial charge in [-0.15, -0.1) is 0 Å². The molecule has 15 heavy (non-hydrogen) atoms. The van der Waals surface area contributed by atoms with Gasteiger partial charge in [-0.3, -0.25) is 4.79 Å². The number of Topliss-reactive ketones (excluding diaryl/α,β-unsaturated/α-hetero) is 1. The number of ketones is 1. The predicted octanol–water partition coefficient (Wildman–Crippen LogP) is 2.73. The van der Waals surface area contributed by atoms with Crippen LogP contribution in [0.4, 0.5) is 8.78 Å². The maximum absolute atomic E-state index is 11.8. The number of benzene rings is 1. The molecular formula is C11H10F2O2. The van der Waals surface area contributed by atoms with Crippen molar-refractivity contribution in [2.75, 3.05) is 0 Å². The Kier molecular flexibility index (Phi) is 2.66. The van der Waals surface area contributed by atoms with Crippen molar-refractivity contribution in [2.24, 2.45) is 0 Å². The first kappa shape index (κ1) is 10.1. The van der Waals surface area contributed by atoms with E-state index >= 15 is 0 Å². The van der Waals surface area contributed by atoms with E-state index in [0.717, 1.165) is 12.0 Å². The molecule has 0 aromatic heterocycles. The van der Waals surface area contributed by atoms with Crippen molar-refractivity contribution >= 4 is 5.78 Å². The number of halogens is 2. The molecule has 2 rings (SSSR count). The van der Waals surface area contributed by atoms with Crippen LogP contribution in [0.2, 0.25) is 0 Å². The number of carbonyl (C=O) groups excluding carboxylic acids is 1. The van der Waals surface area contributed by atoms with Gasteiger partial charge in [-0.25, -0.2) is 0 Å². The molecule has 0 N–H and O–H groups in total. The lowest BCUT2D eigenvalue weighted by molar-refractivity contribution is -0.125. The maximum Gasteiger partial charge on any atom is 0.387 e. The number of hydrogen-bond acceptors (Lipinski definition) is 2. The number of ether oxygens (including phenoxy) is 1. The Labute approximate surface area is 85.9 Å². The third-order valence-electron chi connectivity index (χ3n) is 2.58. The molecule has 0 amide bonds. The Morgan fingerprint density at radius 1 is 1.27 bits per heavy atom. The zero-order chi connectivity index (χ0) is 10.8. The summed E-state index contributed by atoms with van der Waals surface area (Å²) in [4.78, 5) is 11.1. The second kappa shape index (κ2) is 3.96. The molecule has 0 spiro atoms. The van der Waals surface area contributed by atoms with Crippen LogP contribution in [0.5, 0.6) is 5.75 Å². The average Bonchev–Trinajstić information content (AvgIpc) is 2.18. The van der Waals surface area contributed by atoms with Crippen LogP contribution in [0.1, 0.15) is 24.3 Å². The Bertz CT molecular complexity index is 359. The van der Waals surface area contributed by atoms with Crippen LogP contribution in [0.25, 0.3) is 0 Å². The smallest absolute Gasteiger partial charge is 0.387 e. The zero-order valence-electron chi connectivity index (χ0n) is 7.95. The molecule has 0 bridgehead atoms. The van der Waals surface area contributed by atoms with Crippen LogP contribution in [0.15, 0.2) is 24.3 Å². The molecule has 1 atom stereocenters. The summed E-state index contributed by atoms with van der Waals surface area (Å²) in [6, 6.07) is 6.26. The summed E-state index contributed by atoms with van der Waals surface area (Å²) in [7, 11) is 0. The molecular weight excluding hydrogens is 202 g/mol. The summed E-state index contributed by atoms with van der Waals surface area (Å²) >= 11 is 0. The van der Waals surface area contributed by atoms with Crippen LogP contribution in [0.3, 0.4) is 0 Å². The second-order valence-electron chi connectivity index (χ2n) is 3.51. The predicted molar refractivity (Wildman–Crippen MR) is 50.1 cm³/mol. The first-order chi connectivity index (χ1) is 7.16. The highest BCUT2D eigenvalue weighted by Gasteiger charge is 2.29. The summed E-state index contributed by atoms with van der Waals surface area (Å²) in [6.45, 7) is -2.80. The average molecular weight is 212 g/mol. The lowest BCUT2D eigenvalue weighted by Crippen LogP contribution is -2.22. The molecule has 0 heterocycles. The molecule has 2 nitrogen and oxygen atoms in total. The Morgan fingerprint density at radius 3 is 2.33 bits per heavy atom. The fourth-order valence-corrected chi connectivity index (χ4v) is 1.64. The Morgan fingerprint density at radius 2 is 1.93 bits per heavy atom. The topological polar surface area (TPSA) is 26.3 Å². The molecule has 1 saturated carbocycles. The molecule has 0 unspecified atom stereocenters. The fraction of sp³-hybridized carbons (Fsp3) is 0.364. The maximum atomic E-state index is 11.8. The molecule has 80 valence electrons. The SMILES string of the molecule is O=C1CC[C@@H]1c1ccc(OC(F)F)cc1. The van der Waals surface area contributed by atoms with Crippen LogP contribution < -0.4 is 4.74 Å². The molecule has 1 fully saturated rings. The minimum atomic E-state index is -2.80. The van der Waals surface area contributed by atoms with Gasteiger partial charge in [0.05, 0.1) is 0 Å². The van der Waals surface area contributed by atoms with E-state index in [1.165, 1.54) is 12.1 Å². The summed E-state index contributed by atoms with van der Waals surface area (Å²) in [5.41, 5.74) is 0.882. The number of alkyl halides is 2. The normalized spacial score (nSPS) is 20.2.